The van der Waals surface area contributed by atoms with E-state index in [1.54, 1.807) is 4.90 Å². The van der Waals surface area contributed by atoms with Crippen LogP contribution in [0.2, 0.25) is 0 Å². The lowest BCUT2D eigenvalue weighted by atomic mass is 9.92. The van der Waals surface area contributed by atoms with E-state index in [0.717, 1.165) is 26.1 Å². The van der Waals surface area contributed by atoms with Crippen LogP contribution in [-0.4, -0.2) is 54.4 Å². The van der Waals surface area contributed by atoms with E-state index in [-0.39, 0.29) is 18.0 Å². The van der Waals surface area contributed by atoms with Crippen LogP contribution in [0.4, 0.5) is 4.79 Å². The number of aliphatic carboxylic acids is 1. The van der Waals surface area contributed by atoms with Crippen molar-refractivity contribution in [3.05, 3.63) is 0 Å². The third-order valence-electron chi connectivity index (χ3n) is 4.28. The number of rotatable bonds is 3. The van der Waals surface area contributed by atoms with Crippen LogP contribution < -0.4 is 5.32 Å². The molecule has 2 saturated heterocycles. The molecule has 0 saturated carbocycles. The molecule has 2 fully saturated rings. The Morgan fingerprint density at radius 3 is 2.80 bits per heavy atom. The molecule has 0 spiro atoms. The fourth-order valence-electron chi connectivity index (χ4n) is 3.00. The zero-order valence-electron chi connectivity index (χ0n) is 12.0. The van der Waals surface area contributed by atoms with Gasteiger partial charge in [-0.25, -0.2) is 4.79 Å². The number of carboxylic acids is 1. The Labute approximate surface area is 119 Å². The second-order valence-electron chi connectivity index (χ2n) is 5.87. The van der Waals surface area contributed by atoms with Gasteiger partial charge in [0.15, 0.2) is 0 Å². The molecule has 0 aromatic heterocycles. The molecule has 2 heterocycles. The summed E-state index contributed by atoms with van der Waals surface area (Å²) in [5, 5.41) is 12.0. The van der Waals surface area contributed by atoms with Crippen LogP contribution in [0.15, 0.2) is 0 Å². The summed E-state index contributed by atoms with van der Waals surface area (Å²) in [5.41, 5.74) is 0. The number of hydrogen-bond acceptors (Lipinski definition) is 3. The van der Waals surface area contributed by atoms with Crippen LogP contribution in [0.5, 0.6) is 0 Å². The molecule has 2 N–H and O–H groups in total. The molecule has 0 aromatic carbocycles. The zero-order valence-corrected chi connectivity index (χ0v) is 12.0. The average molecular weight is 284 g/mol. The van der Waals surface area contributed by atoms with Crippen LogP contribution in [-0.2, 0) is 9.53 Å². The lowest BCUT2D eigenvalue weighted by Crippen LogP contribution is -2.51. The van der Waals surface area contributed by atoms with Gasteiger partial charge in [-0.15, -0.1) is 0 Å². The molecule has 0 radical (unpaired) electrons. The minimum atomic E-state index is -0.753. The van der Waals surface area contributed by atoms with Crippen molar-refractivity contribution in [3.8, 4) is 0 Å². The van der Waals surface area contributed by atoms with Gasteiger partial charge in [-0.3, -0.25) is 4.79 Å². The first kappa shape index (κ1) is 15.1. The fourth-order valence-corrected chi connectivity index (χ4v) is 3.00. The van der Waals surface area contributed by atoms with E-state index in [2.05, 4.69) is 5.32 Å². The monoisotopic (exact) mass is 284 g/mol. The summed E-state index contributed by atoms with van der Waals surface area (Å²) in [4.78, 5) is 24.9. The Balaban J connectivity index is 1.76. The van der Waals surface area contributed by atoms with Crippen LogP contribution in [0, 0.1) is 11.8 Å². The molecule has 2 amide bonds. The molecule has 6 heteroatoms. The summed E-state index contributed by atoms with van der Waals surface area (Å²) in [6.07, 6.45) is 3.23. The largest absolute Gasteiger partial charge is 0.481 e. The van der Waals surface area contributed by atoms with E-state index in [1.807, 2.05) is 6.92 Å². The highest BCUT2D eigenvalue weighted by molar-refractivity contribution is 5.75. The molecule has 0 aliphatic carbocycles. The van der Waals surface area contributed by atoms with E-state index < -0.39 is 5.97 Å². The van der Waals surface area contributed by atoms with E-state index in [0.29, 0.717) is 31.8 Å². The molecule has 20 heavy (non-hydrogen) atoms. The minimum absolute atomic E-state index is 0.0209. The third kappa shape index (κ3) is 3.85. The highest BCUT2D eigenvalue weighted by Gasteiger charge is 2.32. The number of likely N-dealkylation sites (tertiary alicyclic amines) is 1. The number of hydrogen-bond donors (Lipinski definition) is 2. The number of carboxylic acid groups (broad SMARTS) is 1. The molecule has 6 nitrogen and oxygen atoms in total. The molecular formula is C14H24N2O4. The number of carbonyl (C=O) groups is 2. The maximum Gasteiger partial charge on any atom is 0.317 e. The van der Waals surface area contributed by atoms with Crippen molar-refractivity contribution in [3.63, 3.8) is 0 Å². The Kier molecular flexibility index (Phi) is 5.23. The fraction of sp³-hybridized carbons (Fsp3) is 0.857. The zero-order chi connectivity index (χ0) is 14.5. The molecule has 2 rings (SSSR count). The molecule has 114 valence electrons. The Hall–Kier alpha value is -1.30. The van der Waals surface area contributed by atoms with Crippen LogP contribution in [0.25, 0.3) is 0 Å². The van der Waals surface area contributed by atoms with Crippen LogP contribution in [0.3, 0.4) is 0 Å². The van der Waals surface area contributed by atoms with Crippen LogP contribution >= 0.6 is 0 Å². The Morgan fingerprint density at radius 2 is 2.20 bits per heavy atom. The lowest BCUT2D eigenvalue weighted by molar-refractivity contribution is -0.143. The van der Waals surface area contributed by atoms with Gasteiger partial charge in [0.1, 0.15) is 0 Å². The van der Waals surface area contributed by atoms with Crippen molar-refractivity contribution < 1.29 is 19.4 Å². The molecule has 3 atom stereocenters. The molecule has 3 unspecified atom stereocenters. The SMILES string of the molecule is CC1CC(C(=O)O)CCN1C(=O)NCC1CCCOC1. The Bertz CT molecular complexity index is 355. The number of urea groups is 1. The van der Waals surface area contributed by atoms with Gasteiger partial charge in [-0.05, 0) is 38.5 Å². The maximum absolute atomic E-state index is 12.2. The number of amides is 2. The number of ether oxygens (including phenoxy) is 1. The first-order valence-electron chi connectivity index (χ1n) is 7.43. The van der Waals surface area contributed by atoms with Crippen molar-refractivity contribution >= 4 is 12.0 Å². The van der Waals surface area contributed by atoms with Crippen molar-refractivity contribution in [2.24, 2.45) is 11.8 Å². The summed E-state index contributed by atoms with van der Waals surface area (Å²) in [5.74, 6) is -0.670. The van der Waals surface area contributed by atoms with Gasteiger partial charge in [-0.2, -0.15) is 0 Å². The molecule has 0 aromatic rings. The summed E-state index contributed by atoms with van der Waals surface area (Å²) >= 11 is 0. The van der Waals surface area contributed by atoms with E-state index in [1.165, 1.54) is 0 Å². The number of nitrogens with zero attached hydrogens (tertiary/aromatic N) is 1. The van der Waals surface area contributed by atoms with E-state index in [4.69, 9.17) is 9.84 Å². The third-order valence-corrected chi connectivity index (χ3v) is 4.28. The summed E-state index contributed by atoms with van der Waals surface area (Å²) in [7, 11) is 0. The molecule has 2 aliphatic rings. The standard InChI is InChI=1S/C14H24N2O4/c1-10-7-12(13(17)18)4-5-16(10)14(19)15-8-11-3-2-6-20-9-11/h10-12H,2-9H2,1H3,(H,15,19)(H,17,18). The topological polar surface area (TPSA) is 78.9 Å². The van der Waals surface area contributed by atoms with Crippen molar-refractivity contribution in [2.75, 3.05) is 26.3 Å². The molecule has 2 aliphatic heterocycles. The summed E-state index contributed by atoms with van der Waals surface area (Å²) in [6, 6.07) is -0.0978. The van der Waals surface area contributed by atoms with Crippen molar-refractivity contribution in [1.29, 1.82) is 0 Å². The van der Waals surface area contributed by atoms with Crippen LogP contribution in [0.1, 0.15) is 32.6 Å². The lowest BCUT2D eigenvalue weighted by Gasteiger charge is -2.36. The van der Waals surface area contributed by atoms with Gasteiger partial charge in [0.05, 0.1) is 12.5 Å². The van der Waals surface area contributed by atoms with Crippen molar-refractivity contribution in [1.82, 2.24) is 10.2 Å². The molecule has 0 bridgehead atoms. The van der Waals surface area contributed by atoms with Gasteiger partial charge in [0, 0.05) is 25.7 Å². The summed E-state index contributed by atoms with van der Waals surface area (Å²) in [6.45, 7) is 4.62. The first-order chi connectivity index (χ1) is 9.58. The number of nitrogens with one attached hydrogen (secondary N) is 1. The Morgan fingerprint density at radius 1 is 1.40 bits per heavy atom. The average Bonchev–Trinajstić information content (AvgIpc) is 2.45. The van der Waals surface area contributed by atoms with Gasteiger partial charge in [-0.1, -0.05) is 0 Å². The highest BCUT2D eigenvalue weighted by Crippen LogP contribution is 2.23. The highest BCUT2D eigenvalue weighted by atomic mass is 16.5. The second kappa shape index (κ2) is 6.92. The summed E-state index contributed by atoms with van der Waals surface area (Å²) < 4.78 is 5.39. The normalized spacial score (nSPS) is 30.9. The smallest absolute Gasteiger partial charge is 0.317 e. The van der Waals surface area contributed by atoms with Crippen molar-refractivity contribution in [2.45, 2.75) is 38.6 Å². The first-order valence-corrected chi connectivity index (χ1v) is 7.43. The van der Waals surface area contributed by atoms with Gasteiger partial charge >= 0.3 is 12.0 Å². The van der Waals surface area contributed by atoms with E-state index in [9.17, 15) is 9.59 Å². The molecular weight excluding hydrogens is 260 g/mol. The van der Waals surface area contributed by atoms with Gasteiger partial charge < -0.3 is 20.1 Å². The predicted molar refractivity (Wildman–Crippen MR) is 73.5 cm³/mol. The van der Waals surface area contributed by atoms with E-state index >= 15 is 0 Å². The predicted octanol–water partition coefficient (Wildman–Crippen LogP) is 1.31. The number of piperidine rings is 1. The van der Waals surface area contributed by atoms with Gasteiger partial charge in [0.25, 0.3) is 0 Å². The second-order valence-corrected chi connectivity index (χ2v) is 5.87. The minimum Gasteiger partial charge on any atom is -0.481 e. The quantitative estimate of drug-likeness (QED) is 0.819. The van der Waals surface area contributed by atoms with Gasteiger partial charge in [0.2, 0.25) is 0 Å². The maximum atomic E-state index is 12.2. The number of carbonyl (C=O) groups excluding carboxylic acids is 1.